The molecule has 0 radical (unpaired) electrons. The second kappa shape index (κ2) is 5.89. The maximum absolute atomic E-state index is 13.3. The molecule has 2 aromatic carbocycles. The molecule has 106 valence electrons. The number of hydrogen-bond donors (Lipinski definition) is 1. The molecule has 1 N–H and O–H groups in total. The van der Waals surface area contributed by atoms with Gasteiger partial charge in [0, 0.05) is 4.47 Å². The molecule has 0 heterocycles. The summed E-state index contributed by atoms with van der Waals surface area (Å²) in [7, 11) is -3.83. The fourth-order valence-electron chi connectivity index (χ4n) is 1.42. The van der Waals surface area contributed by atoms with Gasteiger partial charge in [-0.15, -0.1) is 0 Å². The van der Waals surface area contributed by atoms with Gasteiger partial charge >= 0.3 is 0 Å². The summed E-state index contributed by atoms with van der Waals surface area (Å²) in [6.07, 6.45) is 0. The van der Waals surface area contributed by atoms with Crippen LogP contribution in [0.4, 0.5) is 10.1 Å². The van der Waals surface area contributed by atoms with Crippen molar-refractivity contribution in [1.82, 2.24) is 0 Å². The van der Waals surface area contributed by atoms with Gasteiger partial charge in [0.1, 0.15) is 5.82 Å². The van der Waals surface area contributed by atoms with E-state index in [2.05, 4.69) is 20.7 Å². The van der Waals surface area contributed by atoms with Crippen LogP contribution >= 0.6 is 39.1 Å². The number of nitrogens with one attached hydrogen (secondary N) is 1. The van der Waals surface area contributed by atoms with Gasteiger partial charge in [-0.2, -0.15) is 0 Å². The van der Waals surface area contributed by atoms with Crippen molar-refractivity contribution < 1.29 is 12.8 Å². The Bertz CT molecular complexity index is 768. The minimum absolute atomic E-state index is 0.00383. The maximum atomic E-state index is 13.3. The van der Waals surface area contributed by atoms with E-state index in [1.54, 1.807) is 0 Å². The van der Waals surface area contributed by atoms with E-state index in [-0.39, 0.29) is 15.6 Å². The highest BCUT2D eigenvalue weighted by Crippen LogP contribution is 2.27. The number of hydrogen-bond acceptors (Lipinski definition) is 2. The van der Waals surface area contributed by atoms with Crippen molar-refractivity contribution in [2.24, 2.45) is 0 Å². The van der Waals surface area contributed by atoms with Crippen LogP contribution < -0.4 is 4.72 Å². The average molecular weight is 399 g/mol. The first-order valence-corrected chi connectivity index (χ1v) is 8.26. The fraction of sp³-hybridized carbons (Fsp3) is 0. The van der Waals surface area contributed by atoms with E-state index in [1.807, 2.05) is 0 Å². The Balaban J connectivity index is 2.35. The first-order valence-electron chi connectivity index (χ1n) is 5.22. The van der Waals surface area contributed by atoms with Crippen LogP contribution in [0, 0.1) is 5.82 Å². The molecule has 0 saturated carbocycles. The molecule has 0 aromatic heterocycles. The van der Waals surface area contributed by atoms with E-state index >= 15 is 0 Å². The third kappa shape index (κ3) is 3.44. The predicted octanol–water partition coefficient (Wildman–Crippen LogP) is 4.70. The van der Waals surface area contributed by atoms with Crippen molar-refractivity contribution in [3.63, 3.8) is 0 Å². The zero-order valence-corrected chi connectivity index (χ0v) is 13.6. The molecular weight excluding hydrogens is 392 g/mol. The Morgan fingerprint density at radius 3 is 2.30 bits per heavy atom. The Labute approximate surface area is 133 Å². The number of benzene rings is 2. The topological polar surface area (TPSA) is 46.2 Å². The van der Waals surface area contributed by atoms with Crippen LogP contribution in [0.2, 0.25) is 10.0 Å². The lowest BCUT2D eigenvalue weighted by atomic mass is 10.3. The van der Waals surface area contributed by atoms with Crippen molar-refractivity contribution >= 4 is 54.8 Å². The molecule has 0 unspecified atom stereocenters. The van der Waals surface area contributed by atoms with E-state index < -0.39 is 15.8 Å². The van der Waals surface area contributed by atoms with Gasteiger partial charge in [0.2, 0.25) is 0 Å². The van der Waals surface area contributed by atoms with Gasteiger partial charge < -0.3 is 0 Å². The van der Waals surface area contributed by atoms with Crippen LogP contribution in [0.3, 0.4) is 0 Å². The summed E-state index contributed by atoms with van der Waals surface area (Å²) in [5.41, 5.74) is 0.0815. The van der Waals surface area contributed by atoms with Crippen LogP contribution in [0.5, 0.6) is 0 Å². The van der Waals surface area contributed by atoms with Crippen LogP contribution in [0.1, 0.15) is 0 Å². The van der Waals surface area contributed by atoms with Crippen molar-refractivity contribution in [3.8, 4) is 0 Å². The van der Waals surface area contributed by atoms with E-state index in [9.17, 15) is 12.8 Å². The Morgan fingerprint density at radius 2 is 1.70 bits per heavy atom. The minimum atomic E-state index is -3.83. The van der Waals surface area contributed by atoms with E-state index in [0.29, 0.717) is 9.50 Å². The lowest BCUT2D eigenvalue weighted by molar-refractivity contribution is 0.601. The van der Waals surface area contributed by atoms with Gasteiger partial charge in [-0.3, -0.25) is 4.72 Å². The summed E-state index contributed by atoms with van der Waals surface area (Å²) in [4.78, 5) is 0.00383. The molecule has 0 fully saturated rings. The van der Waals surface area contributed by atoms with Crippen LogP contribution in [0.25, 0.3) is 0 Å². The third-order valence-corrected chi connectivity index (χ3v) is 5.27. The zero-order valence-electron chi connectivity index (χ0n) is 9.70. The molecular formula is C12H7BrCl2FNO2S. The minimum Gasteiger partial charge on any atom is -0.280 e. The molecule has 0 atom stereocenters. The molecule has 3 nitrogen and oxygen atoms in total. The van der Waals surface area contributed by atoms with Crippen molar-refractivity contribution in [2.75, 3.05) is 4.72 Å². The summed E-state index contributed by atoms with van der Waals surface area (Å²) in [5, 5.41) is 0.309. The largest absolute Gasteiger partial charge is 0.280 e. The summed E-state index contributed by atoms with van der Waals surface area (Å²) in [6.45, 7) is 0. The highest BCUT2D eigenvalue weighted by molar-refractivity contribution is 9.10. The molecule has 0 saturated heterocycles. The second-order valence-electron chi connectivity index (χ2n) is 3.81. The van der Waals surface area contributed by atoms with Crippen molar-refractivity contribution in [1.29, 1.82) is 0 Å². The second-order valence-corrected chi connectivity index (χ2v) is 7.16. The summed E-state index contributed by atoms with van der Waals surface area (Å²) >= 11 is 14.5. The summed E-state index contributed by atoms with van der Waals surface area (Å²) < 4.78 is 40.3. The van der Waals surface area contributed by atoms with E-state index in [1.165, 1.54) is 30.3 Å². The van der Waals surface area contributed by atoms with Crippen molar-refractivity contribution in [2.45, 2.75) is 4.90 Å². The number of halogens is 4. The summed E-state index contributed by atoms with van der Waals surface area (Å²) in [5.74, 6) is -0.704. The van der Waals surface area contributed by atoms with Crippen LogP contribution in [-0.2, 0) is 10.0 Å². The molecule has 0 bridgehead atoms. The molecule has 0 amide bonds. The average Bonchev–Trinajstić information content (AvgIpc) is 2.37. The molecule has 0 spiro atoms. The smallest absolute Gasteiger partial charge is 0.261 e. The molecule has 0 aliphatic rings. The van der Waals surface area contributed by atoms with E-state index in [0.717, 1.165) is 6.07 Å². The molecule has 0 aliphatic heterocycles. The highest BCUT2D eigenvalue weighted by atomic mass is 79.9. The Morgan fingerprint density at radius 1 is 1.05 bits per heavy atom. The highest BCUT2D eigenvalue weighted by Gasteiger charge is 2.16. The first kappa shape index (κ1) is 15.6. The lowest BCUT2D eigenvalue weighted by Gasteiger charge is -2.09. The Hall–Kier alpha value is -0.820. The maximum Gasteiger partial charge on any atom is 0.261 e. The predicted molar refractivity (Wildman–Crippen MR) is 81.4 cm³/mol. The lowest BCUT2D eigenvalue weighted by Crippen LogP contribution is -2.13. The van der Waals surface area contributed by atoms with Crippen molar-refractivity contribution in [3.05, 3.63) is 56.7 Å². The van der Waals surface area contributed by atoms with Gasteiger partial charge in [0.05, 0.1) is 20.6 Å². The molecule has 20 heavy (non-hydrogen) atoms. The van der Waals surface area contributed by atoms with Gasteiger partial charge in [0.15, 0.2) is 0 Å². The standard InChI is InChI=1S/C12H7BrCl2FNO2S/c13-9-6-8(2-4-10(9)14)20(18,19)17-7-1-3-11(15)12(16)5-7/h1-6,17H. The Kier molecular flexibility index (Phi) is 4.59. The quantitative estimate of drug-likeness (QED) is 0.814. The van der Waals surface area contributed by atoms with Crippen LogP contribution in [-0.4, -0.2) is 8.42 Å². The normalized spacial score (nSPS) is 11.4. The molecule has 8 heteroatoms. The first-order chi connectivity index (χ1) is 9.29. The molecule has 2 aromatic rings. The van der Waals surface area contributed by atoms with Gasteiger partial charge in [-0.1, -0.05) is 23.2 Å². The van der Waals surface area contributed by atoms with Gasteiger partial charge in [-0.05, 0) is 52.3 Å². The number of rotatable bonds is 3. The van der Waals surface area contributed by atoms with Crippen LogP contribution in [0.15, 0.2) is 45.8 Å². The molecule has 0 aliphatic carbocycles. The monoisotopic (exact) mass is 397 g/mol. The summed E-state index contributed by atoms with van der Waals surface area (Å²) in [6, 6.07) is 7.80. The SMILES string of the molecule is O=S(=O)(Nc1ccc(Cl)c(F)c1)c1ccc(Cl)c(Br)c1. The third-order valence-electron chi connectivity index (χ3n) is 2.37. The fourth-order valence-corrected chi connectivity index (χ4v) is 3.26. The van der Waals surface area contributed by atoms with Gasteiger partial charge in [0.25, 0.3) is 10.0 Å². The number of anilines is 1. The zero-order chi connectivity index (χ0) is 14.9. The van der Waals surface area contributed by atoms with E-state index in [4.69, 9.17) is 23.2 Å². The van der Waals surface area contributed by atoms with Gasteiger partial charge in [-0.25, -0.2) is 12.8 Å². The molecule has 2 rings (SSSR count). The number of sulfonamides is 1.